The summed E-state index contributed by atoms with van der Waals surface area (Å²) in [5.74, 6) is -0.304. The molecule has 0 spiro atoms. The molecule has 3 aromatic rings. The first kappa shape index (κ1) is 17.8. The molecule has 2 aromatic heterocycles. The number of hydrogen-bond acceptors (Lipinski definition) is 5. The molecule has 0 fully saturated rings. The van der Waals surface area contributed by atoms with E-state index in [0.29, 0.717) is 30.8 Å². The molecule has 0 bridgehead atoms. The van der Waals surface area contributed by atoms with Crippen molar-refractivity contribution in [3.05, 3.63) is 64.6 Å². The smallest absolute Gasteiger partial charge is 0.251 e. The number of nitrogens with one attached hydrogen (secondary N) is 2. The average Bonchev–Trinajstić information content (AvgIpc) is 3.29. The Morgan fingerprint density at radius 2 is 2.19 bits per heavy atom. The monoisotopic (exact) mass is 369 g/mol. The topological polar surface area (TPSA) is 88.9 Å². The molecule has 2 heterocycles. The number of thiazole rings is 1. The maximum Gasteiger partial charge on any atom is 0.251 e. The third kappa shape index (κ3) is 5.00. The lowest BCUT2D eigenvalue weighted by atomic mass is 10.2. The van der Waals surface area contributed by atoms with Crippen LogP contribution in [0.3, 0.4) is 0 Å². The van der Waals surface area contributed by atoms with Crippen molar-refractivity contribution < 1.29 is 9.59 Å². The summed E-state index contributed by atoms with van der Waals surface area (Å²) >= 11 is 1.55. The van der Waals surface area contributed by atoms with Crippen LogP contribution in [0.1, 0.15) is 26.7 Å². The van der Waals surface area contributed by atoms with Crippen molar-refractivity contribution in [1.82, 2.24) is 19.9 Å². The zero-order valence-electron chi connectivity index (χ0n) is 14.3. The van der Waals surface area contributed by atoms with Crippen molar-refractivity contribution in [2.75, 3.05) is 5.32 Å². The van der Waals surface area contributed by atoms with Gasteiger partial charge in [0.25, 0.3) is 5.91 Å². The Morgan fingerprint density at radius 3 is 2.92 bits per heavy atom. The number of anilines is 1. The molecule has 0 saturated carbocycles. The van der Waals surface area contributed by atoms with Gasteiger partial charge in [0, 0.05) is 47.7 Å². The summed E-state index contributed by atoms with van der Waals surface area (Å²) in [6.07, 6.45) is 7.24. The summed E-state index contributed by atoms with van der Waals surface area (Å²) < 4.78 is 1.84. The van der Waals surface area contributed by atoms with Crippen molar-refractivity contribution in [3.8, 4) is 0 Å². The summed E-state index contributed by atoms with van der Waals surface area (Å²) in [7, 11) is 0. The molecule has 3 rings (SSSR count). The van der Waals surface area contributed by atoms with Gasteiger partial charge < -0.3 is 15.2 Å². The van der Waals surface area contributed by atoms with E-state index < -0.39 is 0 Å². The van der Waals surface area contributed by atoms with Gasteiger partial charge in [-0.3, -0.25) is 9.59 Å². The normalized spacial score (nSPS) is 10.5. The van der Waals surface area contributed by atoms with Crippen LogP contribution >= 0.6 is 11.3 Å². The fourth-order valence-corrected chi connectivity index (χ4v) is 3.10. The van der Waals surface area contributed by atoms with Crippen LogP contribution in [0.15, 0.2) is 49.2 Å². The van der Waals surface area contributed by atoms with Crippen LogP contribution in [-0.4, -0.2) is 26.3 Å². The summed E-state index contributed by atoms with van der Waals surface area (Å²) in [5.41, 5.74) is 1.10. The first-order chi connectivity index (χ1) is 12.6. The largest absolute Gasteiger partial charge is 0.347 e. The van der Waals surface area contributed by atoms with Crippen molar-refractivity contribution in [1.29, 1.82) is 0 Å². The standard InChI is InChI=1S/C18H19N5O2S/c1-13-20-10-16(26-13)11-21-18(25)14-3-2-4-15(9-14)22-17(24)5-7-23-8-6-19-12-23/h2-4,6,8-10,12H,5,7,11H2,1H3,(H,21,25)(H,22,24). The van der Waals surface area contributed by atoms with E-state index in [-0.39, 0.29) is 11.8 Å². The van der Waals surface area contributed by atoms with E-state index in [9.17, 15) is 9.59 Å². The van der Waals surface area contributed by atoms with Crippen molar-refractivity contribution >= 4 is 28.8 Å². The van der Waals surface area contributed by atoms with Gasteiger partial charge in [-0.05, 0) is 25.1 Å². The van der Waals surface area contributed by atoms with E-state index in [2.05, 4.69) is 20.6 Å². The fourth-order valence-electron chi connectivity index (χ4n) is 2.37. The Kier molecular flexibility index (Phi) is 5.75. The number of hydrogen-bond donors (Lipinski definition) is 2. The number of nitrogens with zero attached hydrogens (tertiary/aromatic N) is 3. The minimum Gasteiger partial charge on any atom is -0.347 e. The molecule has 0 radical (unpaired) electrons. The van der Waals surface area contributed by atoms with Crippen molar-refractivity contribution in [2.45, 2.75) is 26.4 Å². The predicted octanol–water partition coefficient (Wildman–Crippen LogP) is 2.61. The number of aromatic nitrogens is 3. The van der Waals surface area contributed by atoms with E-state index in [1.807, 2.05) is 17.7 Å². The van der Waals surface area contributed by atoms with E-state index in [4.69, 9.17) is 0 Å². The highest BCUT2D eigenvalue weighted by Gasteiger charge is 2.09. The zero-order chi connectivity index (χ0) is 18.4. The third-order valence-corrected chi connectivity index (χ3v) is 4.57. The predicted molar refractivity (Wildman–Crippen MR) is 99.9 cm³/mol. The lowest BCUT2D eigenvalue weighted by molar-refractivity contribution is -0.116. The van der Waals surface area contributed by atoms with E-state index in [0.717, 1.165) is 9.88 Å². The Labute approximate surface area is 155 Å². The SMILES string of the molecule is Cc1ncc(CNC(=O)c2cccc(NC(=O)CCn3ccnc3)c2)s1. The van der Waals surface area contributed by atoms with Crippen LogP contribution in [0.4, 0.5) is 5.69 Å². The van der Waals surface area contributed by atoms with Crippen LogP contribution in [-0.2, 0) is 17.9 Å². The Bertz CT molecular complexity index is 889. The maximum absolute atomic E-state index is 12.3. The van der Waals surface area contributed by atoms with Crippen LogP contribution in [0.2, 0.25) is 0 Å². The number of amides is 2. The molecule has 0 atom stereocenters. The molecule has 2 amide bonds. The maximum atomic E-state index is 12.3. The van der Waals surface area contributed by atoms with Crippen molar-refractivity contribution in [2.24, 2.45) is 0 Å². The van der Waals surface area contributed by atoms with Gasteiger partial charge in [0.05, 0.1) is 17.9 Å². The first-order valence-electron chi connectivity index (χ1n) is 8.15. The fraction of sp³-hybridized carbons (Fsp3) is 0.222. The van der Waals surface area contributed by atoms with Gasteiger partial charge >= 0.3 is 0 Å². The average molecular weight is 369 g/mol. The van der Waals surface area contributed by atoms with Gasteiger partial charge in [-0.15, -0.1) is 11.3 Å². The summed E-state index contributed by atoms with van der Waals surface area (Å²) in [4.78, 5) is 33.4. The Morgan fingerprint density at radius 1 is 1.31 bits per heavy atom. The minimum absolute atomic E-state index is 0.114. The summed E-state index contributed by atoms with van der Waals surface area (Å²) in [5, 5.41) is 6.64. The number of benzene rings is 1. The molecule has 7 nitrogen and oxygen atoms in total. The second kappa shape index (κ2) is 8.39. The van der Waals surface area contributed by atoms with E-state index >= 15 is 0 Å². The van der Waals surface area contributed by atoms with Gasteiger partial charge in [0.15, 0.2) is 0 Å². The highest BCUT2D eigenvalue weighted by Crippen LogP contribution is 2.13. The molecule has 134 valence electrons. The highest BCUT2D eigenvalue weighted by atomic mass is 32.1. The van der Waals surface area contributed by atoms with Gasteiger partial charge in [0.2, 0.25) is 5.91 Å². The lowest BCUT2D eigenvalue weighted by Gasteiger charge is -2.08. The first-order valence-corrected chi connectivity index (χ1v) is 8.97. The third-order valence-electron chi connectivity index (χ3n) is 3.66. The highest BCUT2D eigenvalue weighted by molar-refractivity contribution is 7.11. The van der Waals surface area contributed by atoms with Crippen LogP contribution in [0, 0.1) is 6.92 Å². The second-order valence-corrected chi connectivity index (χ2v) is 7.03. The molecule has 2 N–H and O–H groups in total. The summed E-state index contributed by atoms with van der Waals surface area (Å²) in [6, 6.07) is 6.90. The zero-order valence-corrected chi connectivity index (χ0v) is 15.1. The molecular formula is C18H19N5O2S. The molecule has 1 aromatic carbocycles. The quantitative estimate of drug-likeness (QED) is 0.670. The van der Waals surface area contributed by atoms with Gasteiger partial charge in [-0.25, -0.2) is 9.97 Å². The number of imidazole rings is 1. The number of carbonyl (C=O) groups excluding carboxylic acids is 2. The summed E-state index contributed by atoms with van der Waals surface area (Å²) in [6.45, 7) is 2.92. The molecule has 0 saturated heterocycles. The number of aryl methyl sites for hydroxylation is 2. The molecule has 0 unspecified atom stereocenters. The molecule has 0 aliphatic carbocycles. The van der Waals surface area contributed by atoms with Gasteiger partial charge in [0.1, 0.15) is 0 Å². The molecule has 8 heteroatoms. The van der Waals surface area contributed by atoms with E-state index in [1.54, 1.807) is 54.3 Å². The van der Waals surface area contributed by atoms with E-state index in [1.165, 1.54) is 0 Å². The Hall–Kier alpha value is -3.00. The second-order valence-electron chi connectivity index (χ2n) is 5.71. The molecule has 26 heavy (non-hydrogen) atoms. The lowest BCUT2D eigenvalue weighted by Crippen LogP contribution is -2.22. The Balaban J connectivity index is 1.53. The van der Waals surface area contributed by atoms with Crippen LogP contribution < -0.4 is 10.6 Å². The number of rotatable bonds is 7. The number of carbonyl (C=O) groups is 2. The van der Waals surface area contributed by atoms with Crippen LogP contribution in [0.5, 0.6) is 0 Å². The minimum atomic E-state index is -0.189. The van der Waals surface area contributed by atoms with Gasteiger partial charge in [-0.2, -0.15) is 0 Å². The molecule has 0 aliphatic heterocycles. The molecular weight excluding hydrogens is 350 g/mol. The van der Waals surface area contributed by atoms with Gasteiger partial charge in [-0.1, -0.05) is 6.07 Å². The van der Waals surface area contributed by atoms with Crippen molar-refractivity contribution in [3.63, 3.8) is 0 Å². The van der Waals surface area contributed by atoms with Crippen LogP contribution in [0.25, 0.3) is 0 Å². The molecule has 0 aliphatic rings.